The summed E-state index contributed by atoms with van der Waals surface area (Å²) in [6.07, 6.45) is 0.828. The average Bonchev–Trinajstić information content (AvgIpc) is 2.81. The molecule has 2 atom stereocenters. The van der Waals surface area contributed by atoms with E-state index in [0.717, 1.165) is 17.5 Å². The molecule has 0 aromatic heterocycles. The molecule has 0 aliphatic rings. The third kappa shape index (κ3) is 8.48. The molecule has 0 aliphatic heterocycles. The van der Waals surface area contributed by atoms with Gasteiger partial charge in [0.25, 0.3) is 5.91 Å². The molecular weight excluding hydrogens is 502 g/mol. The quantitative estimate of drug-likeness (QED) is 0.344. The highest BCUT2D eigenvalue weighted by atomic mass is 35.5. The second kappa shape index (κ2) is 13.7. The Morgan fingerprint density at radius 2 is 1.63 bits per heavy atom. The van der Waals surface area contributed by atoms with Crippen LogP contribution in [-0.2, 0) is 14.3 Å². The molecule has 0 heterocycles. The second-order valence-corrected chi connectivity index (χ2v) is 11.3. The van der Waals surface area contributed by atoms with Crippen LogP contribution in [0, 0.1) is 19.8 Å². The number of nitrogens with zero attached hydrogens (tertiary/aromatic N) is 1. The molecule has 2 unspecified atom stereocenters. The summed E-state index contributed by atoms with van der Waals surface area (Å²) < 4.78 is 5.43. The summed E-state index contributed by atoms with van der Waals surface area (Å²) in [5.41, 5.74) is 2.19. The van der Waals surface area contributed by atoms with Crippen molar-refractivity contribution < 1.29 is 19.1 Å². The highest BCUT2D eigenvalue weighted by Gasteiger charge is 2.38. The van der Waals surface area contributed by atoms with Gasteiger partial charge in [-0.2, -0.15) is 0 Å². The maximum atomic E-state index is 14.2. The number of benzene rings is 2. The first-order chi connectivity index (χ1) is 17.8. The number of hydrogen-bond acceptors (Lipinski definition) is 4. The standard InChI is InChI=1S/C30H42ClN3O4/c1-9-10-18-34(28(36)24(19(2)3)33-29(37)38-30(6,7)8)26(22-16-12-11-14-20(22)4)27(35)32-25-21(5)15-13-17-23(25)31/h11-17,19,24,26H,9-10,18H2,1-8H3,(H,32,35)(H,33,37). The molecule has 0 radical (unpaired) electrons. The first-order valence-electron chi connectivity index (χ1n) is 13.2. The van der Waals surface area contributed by atoms with E-state index in [9.17, 15) is 14.4 Å². The molecule has 7 nitrogen and oxygen atoms in total. The number of unbranched alkanes of at least 4 members (excludes halogenated alkanes) is 1. The van der Waals surface area contributed by atoms with Gasteiger partial charge in [-0.25, -0.2) is 4.79 Å². The number of ether oxygens (including phenoxy) is 1. The molecule has 0 bridgehead atoms. The number of aryl methyl sites for hydroxylation is 2. The molecule has 0 fully saturated rings. The van der Waals surface area contributed by atoms with E-state index in [1.54, 1.807) is 31.7 Å². The number of para-hydroxylation sites is 1. The van der Waals surface area contributed by atoms with Gasteiger partial charge in [0.1, 0.15) is 17.7 Å². The van der Waals surface area contributed by atoms with Crippen LogP contribution in [0.5, 0.6) is 0 Å². The van der Waals surface area contributed by atoms with Crippen molar-refractivity contribution in [3.63, 3.8) is 0 Å². The predicted octanol–water partition coefficient (Wildman–Crippen LogP) is 6.81. The topological polar surface area (TPSA) is 87.7 Å². The van der Waals surface area contributed by atoms with Crippen molar-refractivity contribution in [1.82, 2.24) is 10.2 Å². The number of amides is 3. The number of hydrogen-bond donors (Lipinski definition) is 2. The van der Waals surface area contributed by atoms with Gasteiger partial charge in [0, 0.05) is 6.54 Å². The van der Waals surface area contributed by atoms with Crippen LogP contribution in [0.25, 0.3) is 0 Å². The lowest BCUT2D eigenvalue weighted by Crippen LogP contribution is -2.54. The fraction of sp³-hybridized carbons (Fsp3) is 0.500. The Balaban J connectivity index is 2.57. The van der Waals surface area contributed by atoms with E-state index < -0.39 is 23.8 Å². The van der Waals surface area contributed by atoms with Crippen molar-refractivity contribution in [2.45, 2.75) is 85.9 Å². The van der Waals surface area contributed by atoms with E-state index in [0.29, 0.717) is 29.2 Å². The summed E-state index contributed by atoms with van der Waals surface area (Å²) in [6, 6.07) is 11.1. The van der Waals surface area contributed by atoms with Crippen LogP contribution >= 0.6 is 11.6 Å². The summed E-state index contributed by atoms with van der Waals surface area (Å²) in [4.78, 5) is 42.4. The Kier molecular flexibility index (Phi) is 11.2. The number of rotatable bonds is 10. The summed E-state index contributed by atoms with van der Waals surface area (Å²) in [6.45, 7) is 15.1. The minimum absolute atomic E-state index is 0.245. The lowest BCUT2D eigenvalue weighted by molar-refractivity contribution is -0.141. The van der Waals surface area contributed by atoms with Crippen LogP contribution in [0.2, 0.25) is 5.02 Å². The zero-order valence-electron chi connectivity index (χ0n) is 23.9. The summed E-state index contributed by atoms with van der Waals surface area (Å²) in [5, 5.41) is 6.15. The van der Waals surface area contributed by atoms with Gasteiger partial charge in [0.2, 0.25) is 5.91 Å². The molecule has 0 aliphatic carbocycles. The number of anilines is 1. The van der Waals surface area contributed by atoms with Crippen LogP contribution in [-0.4, -0.2) is 41.0 Å². The molecule has 38 heavy (non-hydrogen) atoms. The number of carbonyl (C=O) groups excluding carboxylic acids is 3. The molecule has 8 heteroatoms. The van der Waals surface area contributed by atoms with Gasteiger partial charge in [0.05, 0.1) is 10.7 Å². The van der Waals surface area contributed by atoms with Gasteiger partial charge >= 0.3 is 6.09 Å². The smallest absolute Gasteiger partial charge is 0.408 e. The third-order valence-electron chi connectivity index (χ3n) is 6.15. The molecule has 0 spiro atoms. The highest BCUT2D eigenvalue weighted by Crippen LogP contribution is 2.31. The summed E-state index contributed by atoms with van der Waals surface area (Å²) in [7, 11) is 0. The van der Waals surface area contributed by atoms with Gasteiger partial charge in [0.15, 0.2) is 0 Å². The van der Waals surface area contributed by atoms with Gasteiger partial charge in [-0.15, -0.1) is 0 Å². The highest BCUT2D eigenvalue weighted by molar-refractivity contribution is 6.34. The number of nitrogens with one attached hydrogen (secondary N) is 2. The van der Waals surface area contributed by atoms with Gasteiger partial charge in [-0.1, -0.05) is 75.2 Å². The first kappa shape index (κ1) is 31.2. The first-order valence-corrected chi connectivity index (χ1v) is 13.6. The van der Waals surface area contributed by atoms with Crippen molar-refractivity contribution >= 4 is 35.2 Å². The molecule has 2 aromatic carbocycles. The Morgan fingerprint density at radius 1 is 1.00 bits per heavy atom. The van der Waals surface area contributed by atoms with Crippen molar-refractivity contribution in [2.75, 3.05) is 11.9 Å². The van der Waals surface area contributed by atoms with Gasteiger partial charge < -0.3 is 20.3 Å². The molecular formula is C30H42ClN3O4. The Bertz CT molecular complexity index is 1110. The van der Waals surface area contributed by atoms with Crippen molar-refractivity contribution in [2.24, 2.45) is 5.92 Å². The number of halogens is 1. The third-order valence-corrected chi connectivity index (χ3v) is 6.47. The zero-order valence-corrected chi connectivity index (χ0v) is 24.6. The van der Waals surface area contributed by atoms with Crippen molar-refractivity contribution in [3.05, 3.63) is 64.2 Å². The van der Waals surface area contributed by atoms with Gasteiger partial charge in [-0.3, -0.25) is 9.59 Å². The predicted molar refractivity (Wildman–Crippen MR) is 153 cm³/mol. The Labute approximate surface area is 232 Å². The SMILES string of the molecule is CCCCN(C(=O)C(NC(=O)OC(C)(C)C)C(C)C)C(C(=O)Nc1c(C)cccc1Cl)c1ccccc1C. The van der Waals surface area contributed by atoms with E-state index in [4.69, 9.17) is 16.3 Å². The van der Waals surface area contributed by atoms with Crippen LogP contribution in [0.4, 0.5) is 10.5 Å². The van der Waals surface area contributed by atoms with E-state index in [2.05, 4.69) is 10.6 Å². The molecule has 3 amide bonds. The van der Waals surface area contributed by atoms with E-state index in [1.807, 2.05) is 71.0 Å². The van der Waals surface area contributed by atoms with Crippen LogP contribution < -0.4 is 10.6 Å². The van der Waals surface area contributed by atoms with E-state index >= 15 is 0 Å². The fourth-order valence-corrected chi connectivity index (χ4v) is 4.42. The van der Waals surface area contributed by atoms with Crippen LogP contribution in [0.3, 0.4) is 0 Å². The Hall–Kier alpha value is -3.06. The number of alkyl carbamates (subject to hydrolysis) is 1. The zero-order chi connectivity index (χ0) is 28.6. The second-order valence-electron chi connectivity index (χ2n) is 10.9. The molecule has 2 N–H and O–H groups in total. The average molecular weight is 544 g/mol. The van der Waals surface area contributed by atoms with Crippen molar-refractivity contribution in [3.8, 4) is 0 Å². The summed E-state index contributed by atoms with van der Waals surface area (Å²) in [5.74, 6) is -0.969. The lowest BCUT2D eigenvalue weighted by Gasteiger charge is -2.36. The van der Waals surface area contributed by atoms with E-state index in [1.165, 1.54) is 0 Å². The maximum absolute atomic E-state index is 14.2. The number of carbonyl (C=O) groups is 3. The molecule has 208 valence electrons. The van der Waals surface area contributed by atoms with Gasteiger partial charge in [-0.05, 0) is 69.7 Å². The molecule has 0 saturated heterocycles. The van der Waals surface area contributed by atoms with E-state index in [-0.39, 0.29) is 17.7 Å². The molecule has 0 saturated carbocycles. The summed E-state index contributed by atoms with van der Waals surface area (Å²) >= 11 is 6.43. The minimum atomic E-state index is -0.937. The normalized spacial score (nSPS) is 13.0. The lowest BCUT2D eigenvalue weighted by atomic mass is 9.95. The fourth-order valence-electron chi connectivity index (χ4n) is 4.15. The monoisotopic (exact) mass is 543 g/mol. The molecule has 2 rings (SSSR count). The minimum Gasteiger partial charge on any atom is -0.444 e. The Morgan fingerprint density at radius 3 is 2.18 bits per heavy atom. The van der Waals surface area contributed by atoms with Crippen molar-refractivity contribution in [1.29, 1.82) is 0 Å². The maximum Gasteiger partial charge on any atom is 0.408 e. The largest absolute Gasteiger partial charge is 0.444 e. The van der Waals surface area contributed by atoms with Crippen LogP contribution in [0.15, 0.2) is 42.5 Å². The van der Waals surface area contributed by atoms with Crippen LogP contribution in [0.1, 0.15) is 77.1 Å². The molecule has 2 aromatic rings.